The highest BCUT2D eigenvalue weighted by molar-refractivity contribution is 7.07. The van der Waals surface area contributed by atoms with Gasteiger partial charge in [0, 0.05) is 36.4 Å². The third-order valence-corrected chi connectivity index (χ3v) is 7.11. The highest BCUT2D eigenvalue weighted by Gasteiger charge is 2.22. The minimum Gasteiger partial charge on any atom is -0.299 e. The molecule has 10 nitrogen and oxygen atoms in total. The van der Waals surface area contributed by atoms with E-state index in [4.69, 9.17) is 30.2 Å². The largest absolute Gasteiger partial charge is 0.299 e. The van der Waals surface area contributed by atoms with E-state index in [1.54, 1.807) is 10.8 Å². The normalized spacial score (nSPS) is 12.5. The fourth-order valence-corrected chi connectivity index (χ4v) is 5.48. The second-order valence-electron chi connectivity index (χ2n) is 8.21. The van der Waals surface area contributed by atoms with Crippen LogP contribution in [0.1, 0.15) is 33.5 Å². The molecular weight excluding hydrogens is 567 g/mol. The Hall–Kier alpha value is -3.03. The summed E-state index contributed by atoms with van der Waals surface area (Å²) in [7, 11) is -4.94. The van der Waals surface area contributed by atoms with E-state index in [1.165, 1.54) is 23.2 Å². The van der Waals surface area contributed by atoms with E-state index >= 15 is 0 Å². The monoisotopic (exact) mass is 594 g/mol. The molecule has 4 rings (SSSR count). The smallest absolute Gasteiger partial charge is 0.285 e. The van der Waals surface area contributed by atoms with Gasteiger partial charge < -0.3 is 0 Å². The number of aromatic nitrogens is 3. The van der Waals surface area contributed by atoms with Gasteiger partial charge >= 0.3 is 0 Å². The zero-order valence-electron chi connectivity index (χ0n) is 21.8. The molecule has 0 unspecified atom stereocenters. The first-order valence-electron chi connectivity index (χ1n) is 12.0. The van der Waals surface area contributed by atoms with Gasteiger partial charge in [0.25, 0.3) is 11.4 Å². The molecule has 0 saturated carbocycles. The number of thiazole rings is 1. The molecule has 208 valence electrons. The maximum absolute atomic E-state index is 13.3. The summed E-state index contributed by atoms with van der Waals surface area (Å²) in [6, 6.07) is 15.3. The summed E-state index contributed by atoms with van der Waals surface area (Å²) in [4.78, 5) is 27.2. The molecule has 0 saturated heterocycles. The van der Waals surface area contributed by atoms with Crippen LogP contribution in [0, 0.1) is 10.2 Å². The average molecular weight is 596 g/mol. The highest BCUT2D eigenvalue weighted by Crippen LogP contribution is 2.20. The first kappa shape index (κ1) is 30.5. The summed E-state index contributed by atoms with van der Waals surface area (Å²) >= 11 is 7.69. The maximum atomic E-state index is 13.3. The standard InChI is InChI=1S/C26H28ClN4O2S.ClHO4/c1-5-28-21-14-13-19(27)15-22(21)29(6-2)24(28)16-25-30(7-3)26(33)23(34-25)17-31(18(4)32)20-11-9-8-10-12-20;2-1(3,4)5/h8-17H,5-7H2,1-4H3;(H,2,3,4,5)/q+1;/p-1/b23-17-;. The van der Waals surface area contributed by atoms with Crippen LogP contribution in [0.15, 0.2) is 53.3 Å². The Morgan fingerprint density at radius 3 is 2.21 bits per heavy atom. The Balaban J connectivity index is 0.000000771. The van der Waals surface area contributed by atoms with E-state index in [0.717, 1.165) is 40.3 Å². The number of carbonyl (C=O) groups is 1. The van der Waals surface area contributed by atoms with Crippen molar-refractivity contribution in [3.8, 4) is 0 Å². The number of halogens is 2. The fraction of sp³-hybridized carbons (Fsp3) is 0.269. The molecule has 2 heterocycles. The van der Waals surface area contributed by atoms with Crippen molar-refractivity contribution >= 4 is 57.8 Å². The molecule has 0 aliphatic rings. The summed E-state index contributed by atoms with van der Waals surface area (Å²) in [5.41, 5.74) is 2.78. The van der Waals surface area contributed by atoms with Crippen LogP contribution in [0.4, 0.5) is 5.69 Å². The van der Waals surface area contributed by atoms with Crippen molar-refractivity contribution in [2.24, 2.45) is 0 Å². The van der Waals surface area contributed by atoms with Gasteiger partial charge in [-0.15, -0.1) is 21.6 Å². The van der Waals surface area contributed by atoms with Gasteiger partial charge in [-0.05, 0) is 45.0 Å². The van der Waals surface area contributed by atoms with E-state index in [9.17, 15) is 9.59 Å². The lowest BCUT2D eigenvalue weighted by atomic mass is 10.3. The van der Waals surface area contributed by atoms with Crippen molar-refractivity contribution in [2.45, 2.75) is 47.3 Å². The van der Waals surface area contributed by atoms with Crippen LogP contribution in [0.25, 0.3) is 23.3 Å². The predicted molar refractivity (Wildman–Crippen MR) is 140 cm³/mol. The number of para-hydroxylation sites is 1. The van der Waals surface area contributed by atoms with Crippen molar-refractivity contribution in [1.29, 1.82) is 0 Å². The number of carbonyl (C=O) groups excluding carboxylic acids is 1. The van der Waals surface area contributed by atoms with Gasteiger partial charge in [-0.1, -0.05) is 29.8 Å². The van der Waals surface area contributed by atoms with Crippen LogP contribution in [0.3, 0.4) is 0 Å². The third kappa shape index (κ3) is 7.34. The van der Waals surface area contributed by atoms with Crippen LogP contribution in [0.5, 0.6) is 0 Å². The Morgan fingerprint density at radius 2 is 1.67 bits per heavy atom. The first-order chi connectivity index (χ1) is 18.4. The van der Waals surface area contributed by atoms with Gasteiger partial charge in [0.05, 0.1) is 19.2 Å². The minimum absolute atomic E-state index is 0.105. The van der Waals surface area contributed by atoms with Gasteiger partial charge in [-0.3, -0.25) is 19.1 Å². The number of imidazole rings is 1. The van der Waals surface area contributed by atoms with Crippen molar-refractivity contribution < 1.29 is 38.2 Å². The fourth-order valence-electron chi connectivity index (χ4n) is 4.25. The van der Waals surface area contributed by atoms with E-state index in [0.29, 0.717) is 16.1 Å². The molecule has 0 N–H and O–H groups in total. The number of anilines is 1. The molecule has 0 bridgehead atoms. The van der Waals surface area contributed by atoms with E-state index in [1.807, 2.05) is 55.5 Å². The lowest BCUT2D eigenvalue weighted by Gasteiger charge is -2.17. The molecule has 0 spiro atoms. The number of benzene rings is 2. The number of nitrogens with zero attached hydrogens (tertiary/aromatic N) is 4. The van der Waals surface area contributed by atoms with Crippen LogP contribution in [0.2, 0.25) is 5.02 Å². The van der Waals surface area contributed by atoms with Crippen LogP contribution in [-0.2, 0) is 24.4 Å². The Bertz CT molecular complexity index is 1640. The molecule has 0 atom stereocenters. The van der Waals surface area contributed by atoms with Crippen LogP contribution in [-0.4, -0.2) is 15.0 Å². The Kier molecular flexibility index (Phi) is 10.1. The van der Waals surface area contributed by atoms with E-state index in [-0.39, 0.29) is 11.5 Å². The molecule has 0 aliphatic heterocycles. The molecule has 4 aromatic rings. The third-order valence-electron chi connectivity index (χ3n) is 5.83. The summed E-state index contributed by atoms with van der Waals surface area (Å²) in [6.45, 7) is 9.74. The highest BCUT2D eigenvalue weighted by atomic mass is 35.7. The number of hydrogen-bond acceptors (Lipinski definition) is 7. The number of amides is 1. The molecule has 1 amide bonds. The van der Waals surface area contributed by atoms with Gasteiger partial charge in [0.1, 0.15) is 9.20 Å². The predicted octanol–water partition coefficient (Wildman–Crippen LogP) is -1.27. The number of rotatable bonds is 6. The lowest BCUT2D eigenvalue weighted by Crippen LogP contribution is -2.68. The van der Waals surface area contributed by atoms with Crippen LogP contribution >= 0.6 is 22.9 Å². The molecule has 13 heteroatoms. The number of hydrogen-bond donors (Lipinski definition) is 0. The second kappa shape index (κ2) is 12.9. The summed E-state index contributed by atoms with van der Waals surface area (Å²) in [5.74, 6) is 0.850. The van der Waals surface area contributed by atoms with Crippen molar-refractivity contribution in [3.05, 3.63) is 78.9 Å². The minimum atomic E-state index is -4.94. The molecule has 2 aromatic heterocycles. The number of aryl methyl sites for hydroxylation is 2. The first-order valence-corrected chi connectivity index (χ1v) is 14.4. The summed E-state index contributed by atoms with van der Waals surface area (Å²) in [5, 5.41) is 0.693. The van der Waals surface area contributed by atoms with E-state index in [2.05, 4.69) is 29.1 Å². The molecule has 0 fully saturated rings. The number of fused-ring (bicyclic) bond motifs is 1. The Morgan fingerprint density at radius 1 is 1.05 bits per heavy atom. The van der Waals surface area contributed by atoms with Crippen molar-refractivity contribution in [3.63, 3.8) is 0 Å². The van der Waals surface area contributed by atoms with Gasteiger partial charge in [-0.2, -0.15) is 0 Å². The molecule has 0 aliphatic carbocycles. The summed E-state index contributed by atoms with van der Waals surface area (Å²) < 4.78 is 41.5. The average Bonchev–Trinajstić information content (AvgIpc) is 3.33. The van der Waals surface area contributed by atoms with Crippen molar-refractivity contribution in [2.75, 3.05) is 4.90 Å². The maximum Gasteiger partial charge on any atom is 0.285 e. The zero-order chi connectivity index (χ0) is 28.9. The van der Waals surface area contributed by atoms with Gasteiger partial charge in [0.2, 0.25) is 5.91 Å². The molecular formula is C26H28Cl2N4O6S. The quantitative estimate of drug-likeness (QED) is 0.255. The summed E-state index contributed by atoms with van der Waals surface area (Å²) in [6.07, 6.45) is 3.71. The second-order valence-corrected chi connectivity index (χ2v) is 10.5. The van der Waals surface area contributed by atoms with E-state index < -0.39 is 10.2 Å². The molecule has 39 heavy (non-hydrogen) atoms. The Labute approximate surface area is 235 Å². The van der Waals surface area contributed by atoms with Gasteiger partial charge in [0.15, 0.2) is 11.0 Å². The SMILES string of the molecule is CCn1c(=O)/c(=C/N(C(C)=O)c2ccccc2)s/c1=C/c1n(CC)c2cc(Cl)ccc2[n+]1CC.[O-][Cl+3]([O-])([O-])[O-]. The molecule has 2 aromatic carbocycles. The topological polar surface area (TPSA) is 143 Å². The lowest BCUT2D eigenvalue weighted by molar-refractivity contribution is -2.00. The zero-order valence-corrected chi connectivity index (χ0v) is 24.1. The van der Waals surface area contributed by atoms with Crippen LogP contribution < -0.4 is 42.9 Å². The van der Waals surface area contributed by atoms with Crippen molar-refractivity contribution in [1.82, 2.24) is 9.13 Å². The van der Waals surface area contributed by atoms with Gasteiger partial charge in [-0.25, -0.2) is 27.8 Å². The molecule has 0 radical (unpaired) electrons.